The molecule has 0 radical (unpaired) electrons. The molecule has 3 aliphatic rings. The number of allylic oxidation sites excluding steroid dienone is 2. The third-order valence-corrected chi connectivity index (χ3v) is 15.5. The van der Waals surface area contributed by atoms with Gasteiger partial charge in [0.05, 0.1) is 37.4 Å². The van der Waals surface area contributed by atoms with Crippen LogP contribution in [0.4, 0.5) is 4.79 Å². The summed E-state index contributed by atoms with van der Waals surface area (Å²) < 4.78 is 31.2. The topological polar surface area (TPSA) is 142 Å². The Hall–Kier alpha value is -2.16. The van der Waals surface area contributed by atoms with Crippen molar-refractivity contribution in [2.24, 2.45) is 11.7 Å². The van der Waals surface area contributed by atoms with Crippen molar-refractivity contribution >= 4 is 38.0 Å². The number of hydrogen-bond acceptors (Lipinski definition) is 9. The van der Waals surface area contributed by atoms with Crippen molar-refractivity contribution in [3.8, 4) is 0 Å². The van der Waals surface area contributed by atoms with Crippen LogP contribution >= 0.6 is 11.8 Å². The molecule has 0 bridgehead atoms. The first-order chi connectivity index (χ1) is 23.3. The maximum atomic E-state index is 12.7. The predicted octanol–water partition coefficient (Wildman–Crippen LogP) is 5.75. The van der Waals surface area contributed by atoms with Gasteiger partial charge in [-0.25, -0.2) is 4.79 Å². The van der Waals surface area contributed by atoms with Gasteiger partial charge >= 0.3 is 6.09 Å². The highest BCUT2D eigenvalue weighted by Crippen LogP contribution is 2.48. The number of ether oxygens (including phenoxy) is 4. The molecule has 0 aromatic rings. The molecular formula is C37H63N3O8SSi. The van der Waals surface area contributed by atoms with Crippen LogP contribution in [-0.2, 0) is 33.0 Å². The van der Waals surface area contributed by atoms with E-state index in [9.17, 15) is 14.4 Å². The van der Waals surface area contributed by atoms with E-state index >= 15 is 0 Å². The predicted molar refractivity (Wildman–Crippen MR) is 201 cm³/mol. The van der Waals surface area contributed by atoms with Crippen molar-refractivity contribution in [2.45, 2.75) is 141 Å². The number of epoxide rings is 1. The van der Waals surface area contributed by atoms with Gasteiger partial charge in [-0.2, -0.15) is 11.8 Å². The van der Waals surface area contributed by atoms with E-state index in [1.807, 2.05) is 19.3 Å². The zero-order valence-electron chi connectivity index (χ0n) is 32.2. The van der Waals surface area contributed by atoms with E-state index in [2.05, 4.69) is 65.2 Å². The van der Waals surface area contributed by atoms with Gasteiger partial charge in [-0.05, 0) is 70.0 Å². The van der Waals surface area contributed by atoms with E-state index in [0.29, 0.717) is 19.6 Å². The maximum absolute atomic E-state index is 12.7. The number of rotatable bonds is 15. The van der Waals surface area contributed by atoms with Crippen molar-refractivity contribution in [3.05, 3.63) is 36.0 Å². The average molecular weight is 738 g/mol. The Morgan fingerprint density at radius 3 is 2.46 bits per heavy atom. The molecule has 13 heteroatoms. The van der Waals surface area contributed by atoms with Crippen LogP contribution < -0.4 is 11.1 Å². The van der Waals surface area contributed by atoms with Gasteiger partial charge in [0.15, 0.2) is 8.32 Å². The molecule has 0 saturated carbocycles. The molecule has 0 aromatic carbocycles. The fraction of sp³-hybridized carbons (Fsp3) is 0.757. The summed E-state index contributed by atoms with van der Waals surface area (Å²) in [7, 11) is -0.453. The molecule has 3 amide bonds. The largest absolute Gasteiger partial charge is 0.442 e. The van der Waals surface area contributed by atoms with Crippen LogP contribution in [0.15, 0.2) is 36.0 Å². The monoisotopic (exact) mass is 737 g/mol. The van der Waals surface area contributed by atoms with Crippen LogP contribution in [0, 0.1) is 5.92 Å². The minimum Gasteiger partial charge on any atom is -0.442 e. The Morgan fingerprint density at radius 1 is 1.18 bits per heavy atom. The molecule has 1 spiro atoms. The zero-order chi connectivity index (χ0) is 37.4. The molecule has 0 aromatic heterocycles. The van der Waals surface area contributed by atoms with Gasteiger partial charge in [0.2, 0.25) is 11.8 Å². The molecule has 3 N–H and O–H groups in total. The van der Waals surface area contributed by atoms with E-state index in [1.54, 1.807) is 31.8 Å². The molecule has 3 rings (SSSR count). The van der Waals surface area contributed by atoms with Gasteiger partial charge in [-0.1, -0.05) is 51.5 Å². The van der Waals surface area contributed by atoms with Crippen molar-refractivity contribution < 1.29 is 37.8 Å². The van der Waals surface area contributed by atoms with Crippen LogP contribution in [0.1, 0.15) is 74.1 Å². The van der Waals surface area contributed by atoms with Gasteiger partial charge in [-0.3, -0.25) is 9.59 Å². The van der Waals surface area contributed by atoms with Gasteiger partial charge < -0.3 is 39.3 Å². The normalized spacial score (nSPS) is 31.2. The summed E-state index contributed by atoms with van der Waals surface area (Å²) in [6, 6.07) is -0.134. The number of thioether (sulfide) groups is 1. The number of carbonyl (C=O) groups excluding carboxylic acids is 3. The van der Waals surface area contributed by atoms with Crippen LogP contribution in [0.3, 0.4) is 0 Å². The van der Waals surface area contributed by atoms with Crippen molar-refractivity contribution in [1.29, 1.82) is 0 Å². The SMILES string of the molecule is CSCCN(C)C(=O)OC(C)C=CC(=O)N[C@@H]1C[C@H](C)[C@H](CC=C(C)C=C[C@H]2O[C@H](CC(N)=O)C[C@@]3(CO3)[C@@H]2O[Si](C)(C)C(C)(C)C)O[C@@H]1C. The van der Waals surface area contributed by atoms with Gasteiger partial charge in [0, 0.05) is 31.8 Å². The lowest BCUT2D eigenvalue weighted by Crippen LogP contribution is -2.57. The van der Waals surface area contributed by atoms with Crippen LogP contribution in [0.2, 0.25) is 18.1 Å². The Labute approximate surface area is 305 Å². The number of primary amides is 1. The minimum absolute atomic E-state index is 0.00301. The maximum Gasteiger partial charge on any atom is 0.410 e. The summed E-state index contributed by atoms with van der Waals surface area (Å²) in [4.78, 5) is 38.2. The standard InChI is InChI=1S/C37H63N3O8SSi/c1-24(13-16-31-34(48-50(10,11)36(5,6)7)37(23-44-37)22-28(47-31)21-32(38)41)12-15-30-25(2)20-29(27(4)46-30)39-33(42)17-14-26(3)45-35(43)40(8)18-19-49-9/h12-14,16-17,25-31,34H,15,18-23H2,1-11H3,(H2,38,41)(H,39,42)/t25-,26?,27+,28+,29+,30-,31+,34+,37+/m0/s1. The Bertz CT molecular complexity index is 1260. The highest BCUT2D eigenvalue weighted by Gasteiger charge is 2.61. The Balaban J connectivity index is 1.57. The van der Waals surface area contributed by atoms with Crippen LogP contribution in [0.5, 0.6) is 0 Å². The minimum atomic E-state index is -2.15. The van der Waals surface area contributed by atoms with Crippen LogP contribution in [0.25, 0.3) is 0 Å². The lowest BCUT2D eigenvalue weighted by Gasteiger charge is -2.46. The molecule has 3 saturated heterocycles. The number of nitrogens with zero attached hydrogens (tertiary/aromatic N) is 1. The van der Waals surface area contributed by atoms with E-state index in [4.69, 9.17) is 29.1 Å². The molecule has 9 atom stereocenters. The second kappa shape index (κ2) is 18.0. The number of hydrogen-bond donors (Lipinski definition) is 2. The molecule has 3 fully saturated rings. The third-order valence-electron chi connectivity index (χ3n) is 10.4. The van der Waals surface area contributed by atoms with E-state index < -0.39 is 26.1 Å². The number of nitrogens with two attached hydrogens (primary N) is 1. The van der Waals surface area contributed by atoms with Crippen molar-refractivity contribution in [3.63, 3.8) is 0 Å². The van der Waals surface area contributed by atoms with E-state index in [1.165, 1.54) is 11.0 Å². The molecule has 50 heavy (non-hydrogen) atoms. The second-order valence-corrected chi connectivity index (χ2v) is 21.6. The molecule has 1 unspecified atom stereocenters. The summed E-state index contributed by atoms with van der Waals surface area (Å²) in [6.45, 7) is 20.2. The van der Waals surface area contributed by atoms with E-state index in [0.717, 1.165) is 24.2 Å². The summed E-state index contributed by atoms with van der Waals surface area (Å²) in [5.74, 6) is 0.414. The van der Waals surface area contributed by atoms with Crippen LogP contribution in [-0.4, -0.2) is 112 Å². The number of amides is 3. The molecule has 284 valence electrons. The van der Waals surface area contributed by atoms with Gasteiger partial charge in [0.25, 0.3) is 0 Å². The quantitative estimate of drug-likeness (QED) is 0.0931. The second-order valence-electron chi connectivity index (χ2n) is 15.9. The highest BCUT2D eigenvalue weighted by molar-refractivity contribution is 7.98. The van der Waals surface area contributed by atoms with Gasteiger partial charge in [0.1, 0.15) is 23.9 Å². The Kier molecular flexibility index (Phi) is 15.3. The number of carbonyl (C=O) groups is 3. The molecular weight excluding hydrogens is 675 g/mol. The highest BCUT2D eigenvalue weighted by atomic mass is 32.2. The first kappa shape index (κ1) is 42.3. The van der Waals surface area contributed by atoms with Crippen molar-refractivity contribution in [2.75, 3.05) is 32.2 Å². The first-order valence-electron chi connectivity index (χ1n) is 17.9. The summed E-state index contributed by atoms with van der Waals surface area (Å²) in [6.07, 6.45) is 11.4. The molecule has 11 nitrogen and oxygen atoms in total. The summed E-state index contributed by atoms with van der Waals surface area (Å²) in [5.41, 5.74) is 6.16. The lowest BCUT2D eigenvalue weighted by atomic mass is 9.87. The smallest absolute Gasteiger partial charge is 0.410 e. The zero-order valence-corrected chi connectivity index (χ0v) is 34.0. The third kappa shape index (κ3) is 12.2. The fourth-order valence-corrected chi connectivity index (χ4v) is 7.86. The first-order valence-corrected chi connectivity index (χ1v) is 22.2. The Morgan fingerprint density at radius 2 is 1.86 bits per heavy atom. The summed E-state index contributed by atoms with van der Waals surface area (Å²) in [5, 5.41) is 3.08. The van der Waals surface area contributed by atoms with Gasteiger partial charge in [-0.15, -0.1) is 0 Å². The molecule has 3 aliphatic heterocycles. The van der Waals surface area contributed by atoms with E-state index in [-0.39, 0.29) is 65.8 Å². The molecule has 0 aliphatic carbocycles. The van der Waals surface area contributed by atoms with Crippen molar-refractivity contribution in [1.82, 2.24) is 10.2 Å². The number of nitrogens with one attached hydrogen (secondary N) is 1. The average Bonchev–Trinajstić information content (AvgIpc) is 3.78. The molecule has 3 heterocycles. The fourth-order valence-electron chi connectivity index (χ4n) is 6.07. The summed E-state index contributed by atoms with van der Waals surface area (Å²) >= 11 is 1.66. The lowest BCUT2D eigenvalue weighted by molar-refractivity contribution is -0.140.